The first-order valence-corrected chi connectivity index (χ1v) is 6.46. The summed E-state index contributed by atoms with van der Waals surface area (Å²) in [5, 5.41) is 12.8. The Balaban J connectivity index is 2.70. The van der Waals surface area contributed by atoms with Crippen molar-refractivity contribution < 1.29 is 19.0 Å². The molecular formula is C13H12BrFN2O3. The van der Waals surface area contributed by atoms with Crippen LogP contribution in [-0.2, 0) is 7.05 Å². The highest BCUT2D eigenvalue weighted by atomic mass is 79.9. The molecule has 1 N–H and O–H groups in total. The van der Waals surface area contributed by atoms with Gasteiger partial charge >= 0.3 is 5.97 Å². The maximum atomic E-state index is 14.4. The molecule has 0 radical (unpaired) electrons. The molecule has 106 valence electrons. The Kier molecular flexibility index (Phi) is 3.80. The van der Waals surface area contributed by atoms with E-state index in [4.69, 9.17) is 9.84 Å². The molecule has 0 unspecified atom stereocenters. The highest BCUT2D eigenvalue weighted by molar-refractivity contribution is 9.10. The van der Waals surface area contributed by atoms with E-state index in [1.165, 1.54) is 17.9 Å². The molecule has 0 spiro atoms. The fourth-order valence-electron chi connectivity index (χ4n) is 1.93. The molecule has 1 heterocycles. The first-order chi connectivity index (χ1) is 9.36. The Bertz CT molecular complexity index is 697. The number of methoxy groups -OCH3 is 1. The van der Waals surface area contributed by atoms with Crippen LogP contribution in [0.1, 0.15) is 16.1 Å². The van der Waals surface area contributed by atoms with Gasteiger partial charge in [-0.3, -0.25) is 4.68 Å². The van der Waals surface area contributed by atoms with Crippen molar-refractivity contribution in [3.05, 3.63) is 33.7 Å². The number of hydrogen-bond acceptors (Lipinski definition) is 3. The molecule has 0 aliphatic carbocycles. The maximum absolute atomic E-state index is 14.4. The van der Waals surface area contributed by atoms with E-state index >= 15 is 0 Å². The lowest BCUT2D eigenvalue weighted by Gasteiger charge is -2.12. The van der Waals surface area contributed by atoms with Crippen LogP contribution in [-0.4, -0.2) is 28.0 Å². The van der Waals surface area contributed by atoms with Crippen molar-refractivity contribution in [2.45, 2.75) is 6.92 Å². The van der Waals surface area contributed by atoms with Crippen LogP contribution in [0.25, 0.3) is 11.3 Å². The molecule has 2 aromatic rings. The molecule has 2 rings (SSSR count). The van der Waals surface area contributed by atoms with E-state index in [0.717, 1.165) is 5.56 Å². The largest absolute Gasteiger partial charge is 0.492 e. The first-order valence-electron chi connectivity index (χ1n) is 5.67. The van der Waals surface area contributed by atoms with Crippen LogP contribution in [0.3, 0.4) is 0 Å². The van der Waals surface area contributed by atoms with Crippen LogP contribution in [0.5, 0.6) is 5.75 Å². The molecule has 20 heavy (non-hydrogen) atoms. The summed E-state index contributed by atoms with van der Waals surface area (Å²) in [6, 6.07) is 2.94. The zero-order chi connectivity index (χ0) is 15.0. The van der Waals surface area contributed by atoms with Crippen LogP contribution < -0.4 is 4.74 Å². The lowest BCUT2D eigenvalue weighted by molar-refractivity contribution is 0.0689. The number of hydrogen-bond donors (Lipinski definition) is 1. The summed E-state index contributed by atoms with van der Waals surface area (Å²) in [5.41, 5.74) is 1.25. The van der Waals surface area contributed by atoms with Crippen LogP contribution in [0.15, 0.2) is 16.6 Å². The van der Waals surface area contributed by atoms with Gasteiger partial charge in [-0.25, -0.2) is 9.18 Å². The minimum atomic E-state index is -1.16. The van der Waals surface area contributed by atoms with Crippen LogP contribution >= 0.6 is 15.9 Å². The van der Waals surface area contributed by atoms with Gasteiger partial charge in [-0.15, -0.1) is 0 Å². The summed E-state index contributed by atoms with van der Waals surface area (Å²) in [6.07, 6.45) is 0. The van der Waals surface area contributed by atoms with Gasteiger partial charge in [0.25, 0.3) is 0 Å². The number of nitrogens with zero attached hydrogens (tertiary/aromatic N) is 2. The lowest BCUT2D eigenvalue weighted by Crippen LogP contribution is -2.01. The van der Waals surface area contributed by atoms with Gasteiger partial charge in [0.1, 0.15) is 0 Å². The topological polar surface area (TPSA) is 64.3 Å². The monoisotopic (exact) mass is 342 g/mol. The summed E-state index contributed by atoms with van der Waals surface area (Å²) >= 11 is 3.26. The van der Waals surface area contributed by atoms with E-state index in [-0.39, 0.29) is 17.0 Å². The van der Waals surface area contributed by atoms with Crippen LogP contribution in [0.4, 0.5) is 4.39 Å². The SMILES string of the molecule is COc1c(F)c(-c2cc(C(=O)O)nn2C)cc(C)c1Br. The second-order valence-electron chi connectivity index (χ2n) is 4.25. The Morgan fingerprint density at radius 2 is 2.15 bits per heavy atom. The van der Waals surface area contributed by atoms with E-state index in [1.807, 2.05) is 0 Å². The molecule has 0 aliphatic rings. The van der Waals surface area contributed by atoms with Gasteiger partial charge in [0.05, 0.1) is 17.3 Å². The molecule has 5 nitrogen and oxygen atoms in total. The van der Waals surface area contributed by atoms with E-state index < -0.39 is 11.8 Å². The molecule has 0 amide bonds. The van der Waals surface area contributed by atoms with Crippen molar-refractivity contribution in [1.82, 2.24) is 9.78 Å². The van der Waals surface area contributed by atoms with Gasteiger partial charge in [-0.1, -0.05) is 0 Å². The second-order valence-corrected chi connectivity index (χ2v) is 5.04. The van der Waals surface area contributed by atoms with E-state index in [2.05, 4.69) is 21.0 Å². The number of aryl methyl sites for hydroxylation is 2. The molecule has 1 aromatic carbocycles. The number of halogens is 2. The Morgan fingerprint density at radius 3 is 2.65 bits per heavy atom. The van der Waals surface area contributed by atoms with Crippen molar-refractivity contribution in [2.24, 2.45) is 7.05 Å². The van der Waals surface area contributed by atoms with Crippen molar-refractivity contribution >= 4 is 21.9 Å². The summed E-state index contributed by atoms with van der Waals surface area (Å²) in [4.78, 5) is 10.9. The van der Waals surface area contributed by atoms with Crippen molar-refractivity contribution in [2.75, 3.05) is 7.11 Å². The predicted molar refractivity (Wildman–Crippen MR) is 74.6 cm³/mol. The van der Waals surface area contributed by atoms with Gasteiger partial charge in [0.2, 0.25) is 0 Å². The summed E-state index contributed by atoms with van der Waals surface area (Å²) in [5.74, 6) is -1.64. The normalized spacial score (nSPS) is 10.7. The third-order valence-electron chi connectivity index (χ3n) is 2.92. The van der Waals surface area contributed by atoms with Crippen molar-refractivity contribution in [1.29, 1.82) is 0 Å². The summed E-state index contributed by atoms with van der Waals surface area (Å²) < 4.78 is 21.3. The molecule has 7 heteroatoms. The summed E-state index contributed by atoms with van der Waals surface area (Å²) in [7, 11) is 2.93. The van der Waals surface area contributed by atoms with Gasteiger partial charge < -0.3 is 9.84 Å². The highest BCUT2D eigenvalue weighted by Crippen LogP contribution is 2.37. The third-order valence-corrected chi connectivity index (χ3v) is 3.91. The number of rotatable bonds is 3. The molecule has 0 atom stereocenters. The Morgan fingerprint density at radius 1 is 1.50 bits per heavy atom. The van der Waals surface area contributed by atoms with E-state index in [0.29, 0.717) is 10.2 Å². The average Bonchev–Trinajstić information content (AvgIpc) is 2.77. The van der Waals surface area contributed by atoms with Gasteiger partial charge in [-0.2, -0.15) is 5.10 Å². The number of carbonyl (C=O) groups is 1. The van der Waals surface area contributed by atoms with Crippen molar-refractivity contribution in [3.8, 4) is 17.0 Å². The van der Waals surface area contributed by atoms with Crippen LogP contribution in [0.2, 0.25) is 0 Å². The Hall–Kier alpha value is -1.89. The third kappa shape index (κ3) is 2.29. The number of benzene rings is 1. The van der Waals surface area contributed by atoms with Gasteiger partial charge in [0, 0.05) is 12.6 Å². The molecule has 0 fully saturated rings. The van der Waals surface area contributed by atoms with Crippen LogP contribution in [0, 0.1) is 12.7 Å². The number of carboxylic acids is 1. The average molecular weight is 343 g/mol. The minimum Gasteiger partial charge on any atom is -0.492 e. The fraction of sp³-hybridized carbons (Fsp3) is 0.231. The maximum Gasteiger partial charge on any atom is 0.356 e. The second kappa shape index (κ2) is 5.24. The molecule has 0 saturated heterocycles. The van der Waals surface area contributed by atoms with E-state index in [1.54, 1.807) is 20.0 Å². The first kappa shape index (κ1) is 14.5. The molecular weight excluding hydrogens is 331 g/mol. The lowest BCUT2D eigenvalue weighted by atomic mass is 10.1. The molecule has 1 aromatic heterocycles. The minimum absolute atomic E-state index is 0.0816. The standard InChI is InChI=1S/C13H12BrFN2O3/c1-6-4-7(11(15)12(20-3)10(6)14)9-5-8(13(18)19)16-17(9)2/h4-5H,1-3H3,(H,18,19). The quantitative estimate of drug-likeness (QED) is 0.931. The smallest absolute Gasteiger partial charge is 0.356 e. The number of carboxylic acid groups (broad SMARTS) is 1. The summed E-state index contributed by atoms with van der Waals surface area (Å²) in [6.45, 7) is 1.80. The zero-order valence-electron chi connectivity index (χ0n) is 11.1. The number of ether oxygens (including phenoxy) is 1. The predicted octanol–water partition coefficient (Wildman–Crippen LogP) is 3.00. The van der Waals surface area contributed by atoms with Gasteiger partial charge in [0.15, 0.2) is 17.3 Å². The highest BCUT2D eigenvalue weighted by Gasteiger charge is 2.21. The van der Waals surface area contributed by atoms with Gasteiger partial charge in [-0.05, 0) is 40.5 Å². The number of aromatic nitrogens is 2. The molecule has 0 aliphatic heterocycles. The Labute approximate surface area is 123 Å². The van der Waals surface area contributed by atoms with E-state index in [9.17, 15) is 9.18 Å². The fourth-order valence-corrected chi connectivity index (χ4v) is 2.38. The number of aromatic carboxylic acids is 1. The zero-order valence-corrected chi connectivity index (χ0v) is 12.7. The van der Waals surface area contributed by atoms with Crippen molar-refractivity contribution in [3.63, 3.8) is 0 Å². The molecule has 0 saturated carbocycles. The molecule has 0 bridgehead atoms.